The molecule has 0 aliphatic carbocycles. The fourth-order valence-electron chi connectivity index (χ4n) is 1.16. The SMILES string of the molecule is COCCN(C)c1ncc(CCl)cc1Cl. The van der Waals surface area contributed by atoms with Gasteiger partial charge in [-0.15, -0.1) is 11.6 Å². The van der Waals surface area contributed by atoms with Crippen molar-refractivity contribution in [3.05, 3.63) is 22.8 Å². The Bertz CT molecular complexity index is 320. The first-order valence-electron chi connectivity index (χ1n) is 4.59. The van der Waals surface area contributed by atoms with Crippen LogP contribution in [0.1, 0.15) is 5.56 Å². The van der Waals surface area contributed by atoms with E-state index >= 15 is 0 Å². The van der Waals surface area contributed by atoms with Crippen LogP contribution in [-0.4, -0.2) is 32.3 Å². The van der Waals surface area contributed by atoms with Gasteiger partial charge in [0.15, 0.2) is 0 Å². The van der Waals surface area contributed by atoms with E-state index in [-0.39, 0.29) is 0 Å². The summed E-state index contributed by atoms with van der Waals surface area (Å²) in [6.07, 6.45) is 1.73. The third-order valence-corrected chi connectivity index (χ3v) is 2.61. The van der Waals surface area contributed by atoms with Gasteiger partial charge in [-0.25, -0.2) is 4.98 Å². The second-order valence-corrected chi connectivity index (χ2v) is 3.87. The van der Waals surface area contributed by atoms with Crippen LogP contribution in [0.5, 0.6) is 0 Å². The lowest BCUT2D eigenvalue weighted by atomic mass is 10.3. The minimum absolute atomic E-state index is 0.425. The normalized spacial score (nSPS) is 10.4. The van der Waals surface area contributed by atoms with E-state index in [1.54, 1.807) is 13.3 Å². The molecular formula is C10H14Cl2N2O. The predicted molar refractivity (Wildman–Crippen MR) is 64.0 cm³/mol. The Balaban J connectivity index is 2.76. The first kappa shape index (κ1) is 12.6. The Morgan fingerprint density at radius 3 is 2.80 bits per heavy atom. The molecule has 1 aromatic heterocycles. The maximum Gasteiger partial charge on any atom is 0.147 e. The van der Waals surface area contributed by atoms with Crippen molar-refractivity contribution in [2.45, 2.75) is 5.88 Å². The first-order chi connectivity index (χ1) is 7.19. The van der Waals surface area contributed by atoms with Gasteiger partial charge in [0.05, 0.1) is 11.6 Å². The summed E-state index contributed by atoms with van der Waals surface area (Å²) in [5.74, 6) is 1.18. The van der Waals surface area contributed by atoms with Gasteiger partial charge in [0.2, 0.25) is 0 Å². The van der Waals surface area contributed by atoms with Crippen molar-refractivity contribution in [3.8, 4) is 0 Å². The van der Waals surface area contributed by atoms with Crippen LogP contribution in [0.2, 0.25) is 5.02 Å². The molecule has 5 heteroatoms. The maximum absolute atomic E-state index is 6.08. The fourth-order valence-corrected chi connectivity index (χ4v) is 1.64. The highest BCUT2D eigenvalue weighted by molar-refractivity contribution is 6.33. The number of rotatable bonds is 5. The van der Waals surface area contributed by atoms with E-state index in [0.29, 0.717) is 17.5 Å². The number of aromatic nitrogens is 1. The predicted octanol–water partition coefficient (Wildman–Crippen LogP) is 2.56. The van der Waals surface area contributed by atoms with Crippen molar-refractivity contribution in [1.29, 1.82) is 0 Å². The van der Waals surface area contributed by atoms with E-state index < -0.39 is 0 Å². The number of halogens is 2. The molecule has 1 aromatic rings. The van der Waals surface area contributed by atoms with Crippen LogP contribution in [0.15, 0.2) is 12.3 Å². The zero-order valence-corrected chi connectivity index (χ0v) is 10.3. The molecule has 1 rings (SSSR count). The van der Waals surface area contributed by atoms with Crippen molar-refractivity contribution in [1.82, 2.24) is 4.98 Å². The van der Waals surface area contributed by atoms with Crippen molar-refractivity contribution in [3.63, 3.8) is 0 Å². The number of nitrogens with zero attached hydrogens (tertiary/aromatic N) is 2. The monoisotopic (exact) mass is 248 g/mol. The molecule has 0 aliphatic heterocycles. The minimum Gasteiger partial charge on any atom is -0.383 e. The van der Waals surface area contributed by atoms with E-state index in [2.05, 4.69) is 4.98 Å². The highest BCUT2D eigenvalue weighted by Crippen LogP contribution is 2.23. The molecule has 0 aromatic carbocycles. The van der Waals surface area contributed by atoms with Crippen molar-refractivity contribution < 1.29 is 4.74 Å². The summed E-state index contributed by atoms with van der Waals surface area (Å²) in [6, 6.07) is 1.83. The molecule has 0 aliphatic rings. The van der Waals surface area contributed by atoms with E-state index in [1.807, 2.05) is 18.0 Å². The van der Waals surface area contributed by atoms with Crippen LogP contribution in [0.4, 0.5) is 5.82 Å². The van der Waals surface area contributed by atoms with Gasteiger partial charge >= 0.3 is 0 Å². The van der Waals surface area contributed by atoms with Crippen LogP contribution in [0.3, 0.4) is 0 Å². The molecule has 0 saturated carbocycles. The van der Waals surface area contributed by atoms with Crippen LogP contribution in [0, 0.1) is 0 Å². The summed E-state index contributed by atoms with van der Waals surface area (Å²) in [6.45, 7) is 1.40. The Hall–Kier alpha value is -0.510. The van der Waals surface area contributed by atoms with Gasteiger partial charge in [-0.2, -0.15) is 0 Å². The number of alkyl halides is 1. The molecule has 0 saturated heterocycles. The molecule has 0 N–H and O–H groups in total. The number of pyridine rings is 1. The molecule has 84 valence electrons. The van der Waals surface area contributed by atoms with E-state index in [4.69, 9.17) is 27.9 Å². The van der Waals surface area contributed by atoms with Gasteiger partial charge in [0, 0.05) is 32.8 Å². The first-order valence-corrected chi connectivity index (χ1v) is 5.50. The smallest absolute Gasteiger partial charge is 0.147 e. The molecular weight excluding hydrogens is 235 g/mol. The van der Waals surface area contributed by atoms with Crippen molar-refractivity contribution in [2.75, 3.05) is 32.2 Å². The van der Waals surface area contributed by atoms with Crippen LogP contribution < -0.4 is 4.90 Å². The Kier molecular flexibility index (Phi) is 5.15. The number of anilines is 1. The average molecular weight is 249 g/mol. The summed E-state index contributed by atoms with van der Waals surface area (Å²) in [7, 11) is 3.59. The van der Waals surface area contributed by atoms with Crippen LogP contribution in [0.25, 0.3) is 0 Å². The summed E-state index contributed by atoms with van der Waals surface area (Å²) in [4.78, 5) is 6.20. The van der Waals surface area contributed by atoms with E-state index in [0.717, 1.165) is 17.9 Å². The van der Waals surface area contributed by atoms with Gasteiger partial charge in [-0.05, 0) is 11.6 Å². The largest absolute Gasteiger partial charge is 0.383 e. The Morgan fingerprint density at radius 2 is 2.27 bits per heavy atom. The van der Waals surface area contributed by atoms with Crippen LogP contribution >= 0.6 is 23.2 Å². The standard InChI is InChI=1S/C10H14Cl2N2O/c1-14(3-4-15-2)10-9(12)5-8(6-11)7-13-10/h5,7H,3-4,6H2,1-2H3. The third-order valence-electron chi connectivity index (χ3n) is 2.03. The second-order valence-electron chi connectivity index (χ2n) is 3.20. The summed E-state index contributed by atoms with van der Waals surface area (Å²) < 4.78 is 4.99. The molecule has 0 radical (unpaired) electrons. The van der Waals surface area contributed by atoms with Gasteiger partial charge in [0.25, 0.3) is 0 Å². The van der Waals surface area contributed by atoms with Crippen molar-refractivity contribution in [2.24, 2.45) is 0 Å². The molecule has 0 unspecified atom stereocenters. The number of hydrogen-bond acceptors (Lipinski definition) is 3. The topological polar surface area (TPSA) is 25.4 Å². The van der Waals surface area contributed by atoms with Gasteiger partial charge < -0.3 is 9.64 Å². The highest BCUT2D eigenvalue weighted by Gasteiger charge is 2.07. The molecule has 0 atom stereocenters. The number of methoxy groups -OCH3 is 1. The third kappa shape index (κ3) is 3.52. The van der Waals surface area contributed by atoms with Crippen LogP contribution in [-0.2, 0) is 10.6 Å². The summed E-state index contributed by atoms with van der Waals surface area (Å²) >= 11 is 11.8. The summed E-state index contributed by atoms with van der Waals surface area (Å²) in [5, 5.41) is 0.617. The Labute approximate surface area is 100.0 Å². The zero-order valence-electron chi connectivity index (χ0n) is 8.83. The maximum atomic E-state index is 6.08. The second kappa shape index (κ2) is 6.16. The lowest BCUT2D eigenvalue weighted by molar-refractivity contribution is 0.206. The van der Waals surface area contributed by atoms with Crippen molar-refractivity contribution >= 4 is 29.0 Å². The lowest BCUT2D eigenvalue weighted by Gasteiger charge is -2.18. The lowest BCUT2D eigenvalue weighted by Crippen LogP contribution is -2.23. The fraction of sp³-hybridized carbons (Fsp3) is 0.500. The molecule has 15 heavy (non-hydrogen) atoms. The van der Waals surface area contributed by atoms with Gasteiger partial charge in [0.1, 0.15) is 5.82 Å². The van der Waals surface area contributed by atoms with E-state index in [9.17, 15) is 0 Å². The molecule has 3 nitrogen and oxygen atoms in total. The number of hydrogen-bond donors (Lipinski definition) is 0. The highest BCUT2D eigenvalue weighted by atomic mass is 35.5. The molecule has 0 spiro atoms. The number of likely N-dealkylation sites (N-methyl/N-ethyl adjacent to an activating group) is 1. The molecule has 0 amide bonds. The zero-order chi connectivity index (χ0) is 11.3. The molecule has 0 fully saturated rings. The van der Waals surface area contributed by atoms with E-state index in [1.165, 1.54) is 0 Å². The molecule has 1 heterocycles. The summed E-state index contributed by atoms with van der Waals surface area (Å²) in [5.41, 5.74) is 0.922. The Morgan fingerprint density at radius 1 is 1.53 bits per heavy atom. The average Bonchev–Trinajstić information content (AvgIpc) is 2.25. The molecule has 0 bridgehead atoms. The minimum atomic E-state index is 0.425. The quantitative estimate of drug-likeness (QED) is 0.750. The van der Waals surface area contributed by atoms with Gasteiger partial charge in [-0.1, -0.05) is 11.6 Å². The number of ether oxygens (including phenoxy) is 1. The van der Waals surface area contributed by atoms with Gasteiger partial charge in [-0.3, -0.25) is 0 Å².